The average molecular weight is 359 g/mol. The zero-order valence-electron chi connectivity index (χ0n) is 16.4. The van der Waals surface area contributed by atoms with Gasteiger partial charge in [0.25, 0.3) is 0 Å². The Labute approximate surface area is 158 Å². The molecule has 0 saturated carbocycles. The van der Waals surface area contributed by atoms with Crippen molar-refractivity contribution in [2.75, 3.05) is 39.4 Å². The van der Waals surface area contributed by atoms with Crippen LogP contribution in [0.4, 0.5) is 0 Å². The molecule has 1 amide bonds. The van der Waals surface area contributed by atoms with Crippen molar-refractivity contribution in [3.63, 3.8) is 0 Å². The first-order chi connectivity index (χ1) is 12.6. The largest absolute Gasteiger partial charge is 0.381 e. The number of carbonyl (C=O) groups excluding carboxylic acids is 1. The summed E-state index contributed by atoms with van der Waals surface area (Å²) >= 11 is 0. The number of carbonyl (C=O) groups is 1. The van der Waals surface area contributed by atoms with Crippen LogP contribution >= 0.6 is 0 Å². The fourth-order valence-corrected chi connectivity index (χ4v) is 4.48. The number of benzene rings is 1. The van der Waals surface area contributed by atoms with Gasteiger partial charge in [-0.2, -0.15) is 0 Å². The van der Waals surface area contributed by atoms with Crippen molar-refractivity contribution >= 4 is 5.91 Å². The molecule has 4 heteroatoms. The minimum absolute atomic E-state index is 0.298. The van der Waals surface area contributed by atoms with Crippen LogP contribution in [0.5, 0.6) is 0 Å². The van der Waals surface area contributed by atoms with Crippen molar-refractivity contribution in [2.24, 2.45) is 17.8 Å². The minimum atomic E-state index is 0.298. The zero-order chi connectivity index (χ0) is 18.4. The molecule has 4 nitrogen and oxygen atoms in total. The minimum Gasteiger partial charge on any atom is -0.381 e. The van der Waals surface area contributed by atoms with Gasteiger partial charge in [-0.3, -0.25) is 9.69 Å². The summed E-state index contributed by atoms with van der Waals surface area (Å²) in [5, 5.41) is 0. The van der Waals surface area contributed by atoms with Gasteiger partial charge in [0, 0.05) is 39.4 Å². The first kappa shape index (κ1) is 19.4. The van der Waals surface area contributed by atoms with Gasteiger partial charge in [-0.15, -0.1) is 0 Å². The standard InChI is InChI=1S/C22H34N2O2/c1-18-12-19(2)14-24(13-18)22(25)17-23(15-20-6-4-3-5-7-20)16-21-8-10-26-11-9-21/h3-7,18-19,21H,8-17H2,1-2H3. The lowest BCUT2D eigenvalue weighted by Crippen LogP contribution is -2.47. The third kappa shape index (κ3) is 5.82. The fraction of sp³-hybridized carbons (Fsp3) is 0.682. The van der Waals surface area contributed by atoms with Gasteiger partial charge >= 0.3 is 0 Å². The normalized spacial score (nSPS) is 24.8. The van der Waals surface area contributed by atoms with Gasteiger partial charge in [0.2, 0.25) is 5.91 Å². The van der Waals surface area contributed by atoms with Crippen LogP contribution in [-0.4, -0.2) is 55.1 Å². The predicted molar refractivity (Wildman–Crippen MR) is 105 cm³/mol. The highest BCUT2D eigenvalue weighted by Crippen LogP contribution is 2.22. The summed E-state index contributed by atoms with van der Waals surface area (Å²) in [5.41, 5.74) is 1.28. The van der Waals surface area contributed by atoms with Gasteiger partial charge in [0.05, 0.1) is 6.54 Å². The molecule has 2 aliphatic heterocycles. The Hall–Kier alpha value is -1.39. The Morgan fingerprint density at radius 1 is 1.12 bits per heavy atom. The highest BCUT2D eigenvalue weighted by atomic mass is 16.5. The van der Waals surface area contributed by atoms with Crippen LogP contribution < -0.4 is 0 Å². The summed E-state index contributed by atoms with van der Waals surface area (Å²) in [7, 11) is 0. The molecule has 0 aliphatic carbocycles. The fourth-order valence-electron chi connectivity index (χ4n) is 4.48. The Morgan fingerprint density at radius 3 is 2.42 bits per heavy atom. The molecule has 2 heterocycles. The van der Waals surface area contributed by atoms with Crippen LogP contribution in [0.1, 0.15) is 38.7 Å². The van der Waals surface area contributed by atoms with Gasteiger partial charge in [0.15, 0.2) is 0 Å². The Bertz CT molecular complexity index is 547. The van der Waals surface area contributed by atoms with Gasteiger partial charge in [-0.05, 0) is 42.6 Å². The molecule has 0 bridgehead atoms. The average Bonchev–Trinajstić information content (AvgIpc) is 2.62. The number of likely N-dealkylation sites (tertiary alicyclic amines) is 1. The van der Waals surface area contributed by atoms with E-state index in [1.54, 1.807) is 0 Å². The van der Waals surface area contributed by atoms with Crippen molar-refractivity contribution in [3.8, 4) is 0 Å². The molecule has 2 aliphatic rings. The molecule has 26 heavy (non-hydrogen) atoms. The second-order valence-corrected chi connectivity index (χ2v) is 8.46. The number of nitrogens with zero attached hydrogens (tertiary/aromatic N) is 2. The maximum absolute atomic E-state index is 13.0. The van der Waals surface area contributed by atoms with E-state index in [0.717, 1.165) is 52.2 Å². The quantitative estimate of drug-likeness (QED) is 0.781. The van der Waals surface area contributed by atoms with Crippen molar-refractivity contribution in [3.05, 3.63) is 35.9 Å². The highest BCUT2D eigenvalue weighted by Gasteiger charge is 2.27. The third-order valence-corrected chi connectivity index (χ3v) is 5.69. The second-order valence-electron chi connectivity index (χ2n) is 8.46. The van der Waals surface area contributed by atoms with E-state index in [4.69, 9.17) is 4.74 Å². The van der Waals surface area contributed by atoms with Gasteiger partial charge in [-0.1, -0.05) is 44.2 Å². The monoisotopic (exact) mass is 358 g/mol. The molecular formula is C22H34N2O2. The lowest BCUT2D eigenvalue weighted by atomic mass is 9.92. The molecule has 0 radical (unpaired) electrons. The number of rotatable bonds is 6. The Kier molecular flexibility index (Phi) is 7.09. The van der Waals surface area contributed by atoms with E-state index in [-0.39, 0.29) is 0 Å². The van der Waals surface area contributed by atoms with Crippen LogP contribution in [-0.2, 0) is 16.1 Å². The number of amides is 1. The summed E-state index contributed by atoms with van der Waals surface area (Å²) in [6, 6.07) is 10.5. The number of ether oxygens (including phenoxy) is 1. The van der Waals surface area contributed by atoms with Crippen molar-refractivity contribution in [1.82, 2.24) is 9.80 Å². The third-order valence-electron chi connectivity index (χ3n) is 5.69. The van der Waals surface area contributed by atoms with E-state index in [2.05, 4.69) is 47.9 Å². The van der Waals surface area contributed by atoms with Crippen molar-refractivity contribution in [1.29, 1.82) is 0 Å². The number of hydrogen-bond acceptors (Lipinski definition) is 3. The van der Waals surface area contributed by atoms with Crippen LogP contribution in [0.3, 0.4) is 0 Å². The molecule has 0 aromatic heterocycles. The van der Waals surface area contributed by atoms with Crippen LogP contribution in [0.25, 0.3) is 0 Å². The molecule has 2 atom stereocenters. The summed E-state index contributed by atoms with van der Waals surface area (Å²) in [5.74, 6) is 2.16. The highest BCUT2D eigenvalue weighted by molar-refractivity contribution is 5.78. The van der Waals surface area contributed by atoms with E-state index in [0.29, 0.717) is 30.2 Å². The smallest absolute Gasteiger partial charge is 0.236 e. The topological polar surface area (TPSA) is 32.8 Å². The molecule has 144 valence electrons. The molecule has 0 spiro atoms. The lowest BCUT2D eigenvalue weighted by Gasteiger charge is -2.37. The Balaban J connectivity index is 1.62. The van der Waals surface area contributed by atoms with Crippen LogP contribution in [0.2, 0.25) is 0 Å². The maximum Gasteiger partial charge on any atom is 0.236 e. The molecule has 1 aromatic rings. The van der Waals surface area contributed by atoms with Gasteiger partial charge < -0.3 is 9.64 Å². The molecule has 1 aromatic carbocycles. The molecule has 0 N–H and O–H groups in total. The molecule has 2 unspecified atom stereocenters. The molecular weight excluding hydrogens is 324 g/mol. The summed E-state index contributed by atoms with van der Waals surface area (Å²) in [4.78, 5) is 17.4. The lowest BCUT2D eigenvalue weighted by molar-refractivity contribution is -0.135. The zero-order valence-corrected chi connectivity index (χ0v) is 16.4. The second kappa shape index (κ2) is 9.52. The van der Waals surface area contributed by atoms with Gasteiger partial charge in [-0.25, -0.2) is 0 Å². The first-order valence-electron chi connectivity index (χ1n) is 10.2. The van der Waals surface area contributed by atoms with Crippen molar-refractivity contribution in [2.45, 2.75) is 39.7 Å². The molecule has 2 fully saturated rings. The van der Waals surface area contributed by atoms with E-state index in [1.165, 1.54) is 12.0 Å². The van der Waals surface area contributed by atoms with Crippen LogP contribution in [0, 0.1) is 17.8 Å². The predicted octanol–water partition coefficient (Wildman–Crippen LogP) is 3.42. The SMILES string of the molecule is CC1CC(C)CN(C(=O)CN(Cc2ccccc2)CC2CCOCC2)C1. The number of hydrogen-bond donors (Lipinski definition) is 0. The first-order valence-corrected chi connectivity index (χ1v) is 10.2. The molecule has 2 saturated heterocycles. The maximum atomic E-state index is 13.0. The van der Waals surface area contributed by atoms with Crippen molar-refractivity contribution < 1.29 is 9.53 Å². The van der Waals surface area contributed by atoms with E-state index in [9.17, 15) is 4.79 Å². The van der Waals surface area contributed by atoms with Crippen LogP contribution in [0.15, 0.2) is 30.3 Å². The number of piperidine rings is 1. The Morgan fingerprint density at radius 2 is 1.77 bits per heavy atom. The summed E-state index contributed by atoms with van der Waals surface area (Å²) in [6.45, 7) is 10.5. The van der Waals surface area contributed by atoms with E-state index in [1.807, 2.05) is 6.07 Å². The summed E-state index contributed by atoms with van der Waals surface area (Å²) in [6.07, 6.45) is 3.45. The van der Waals surface area contributed by atoms with Gasteiger partial charge in [0.1, 0.15) is 0 Å². The van der Waals surface area contributed by atoms with E-state index >= 15 is 0 Å². The molecule has 3 rings (SSSR count). The van der Waals surface area contributed by atoms with E-state index < -0.39 is 0 Å². The summed E-state index contributed by atoms with van der Waals surface area (Å²) < 4.78 is 5.51.